The lowest BCUT2D eigenvalue weighted by Crippen LogP contribution is -2.08. The number of nitro benzene ring substituents is 1. The highest BCUT2D eigenvalue weighted by Crippen LogP contribution is 2.22. The molecule has 2 N–H and O–H groups in total. The quantitative estimate of drug-likeness (QED) is 0.431. The van der Waals surface area contributed by atoms with Gasteiger partial charge < -0.3 is 10.4 Å². The van der Waals surface area contributed by atoms with Crippen molar-refractivity contribution in [2.75, 3.05) is 11.9 Å². The molecule has 0 radical (unpaired) electrons. The third-order valence-corrected chi connectivity index (χ3v) is 2.97. The van der Waals surface area contributed by atoms with Gasteiger partial charge in [0.2, 0.25) is 0 Å². The van der Waals surface area contributed by atoms with Crippen LogP contribution in [0.1, 0.15) is 43.5 Å². The Labute approximate surface area is 118 Å². The Bertz CT molecular complexity index is 486. The van der Waals surface area contributed by atoms with Gasteiger partial charge in [-0.15, -0.1) is 0 Å². The maximum atomic E-state index is 11.1. The van der Waals surface area contributed by atoms with Crippen LogP contribution in [0.3, 0.4) is 0 Å². The molecule has 1 rings (SSSR count). The lowest BCUT2D eigenvalue weighted by Gasteiger charge is -2.10. The highest BCUT2D eigenvalue weighted by molar-refractivity contribution is 5.95. The third kappa shape index (κ3) is 4.87. The van der Waals surface area contributed by atoms with Crippen LogP contribution in [0, 0.1) is 16.0 Å². The lowest BCUT2D eigenvalue weighted by atomic mass is 10.1. The minimum atomic E-state index is -1.17. The number of carbonyl (C=O) groups is 1. The van der Waals surface area contributed by atoms with E-state index >= 15 is 0 Å². The number of nitrogens with zero attached hydrogens (tertiary/aromatic N) is 1. The van der Waals surface area contributed by atoms with Crippen molar-refractivity contribution < 1.29 is 14.8 Å². The minimum absolute atomic E-state index is 0.0666. The number of aromatic carboxylic acids is 1. The summed E-state index contributed by atoms with van der Waals surface area (Å²) >= 11 is 0. The predicted octanol–water partition coefficient (Wildman–Crippen LogP) is 3.53. The molecular weight excluding hydrogens is 260 g/mol. The Kier molecular flexibility index (Phi) is 5.96. The standard InChI is InChI=1S/C14H20N2O4/c1-10(2)5-3-4-8-15-13-7-6-11(16(19)20)9-12(13)14(17)18/h6-7,9-10,15H,3-5,8H2,1-2H3,(H,17,18). The molecule has 6 nitrogen and oxygen atoms in total. The van der Waals surface area contributed by atoms with Crippen LogP contribution < -0.4 is 5.32 Å². The Morgan fingerprint density at radius 2 is 2.10 bits per heavy atom. The smallest absolute Gasteiger partial charge is 0.338 e. The van der Waals surface area contributed by atoms with Gasteiger partial charge in [0.25, 0.3) is 5.69 Å². The second-order valence-corrected chi connectivity index (χ2v) is 5.11. The van der Waals surface area contributed by atoms with Gasteiger partial charge in [-0.2, -0.15) is 0 Å². The second kappa shape index (κ2) is 7.47. The Hall–Kier alpha value is -2.11. The topological polar surface area (TPSA) is 92.5 Å². The first-order chi connectivity index (χ1) is 9.41. The number of non-ortho nitro benzene ring substituents is 1. The van der Waals surface area contributed by atoms with Crippen molar-refractivity contribution in [3.63, 3.8) is 0 Å². The molecule has 0 unspecified atom stereocenters. The molecule has 0 bridgehead atoms. The Balaban J connectivity index is 2.65. The molecule has 20 heavy (non-hydrogen) atoms. The van der Waals surface area contributed by atoms with E-state index in [9.17, 15) is 14.9 Å². The molecular formula is C14H20N2O4. The van der Waals surface area contributed by atoms with Crippen molar-refractivity contribution in [1.29, 1.82) is 0 Å². The number of nitrogens with one attached hydrogen (secondary N) is 1. The molecule has 0 aliphatic heterocycles. The zero-order chi connectivity index (χ0) is 15.1. The van der Waals surface area contributed by atoms with Gasteiger partial charge in [-0.1, -0.05) is 26.7 Å². The Morgan fingerprint density at radius 3 is 2.65 bits per heavy atom. The zero-order valence-corrected chi connectivity index (χ0v) is 11.8. The van der Waals surface area contributed by atoms with E-state index in [0.29, 0.717) is 18.2 Å². The van der Waals surface area contributed by atoms with Crippen molar-refractivity contribution in [2.45, 2.75) is 33.1 Å². The van der Waals surface area contributed by atoms with E-state index in [0.717, 1.165) is 25.3 Å². The van der Waals surface area contributed by atoms with Gasteiger partial charge in [0.05, 0.1) is 10.5 Å². The minimum Gasteiger partial charge on any atom is -0.478 e. The van der Waals surface area contributed by atoms with Crippen LogP contribution in [0.2, 0.25) is 0 Å². The molecule has 0 heterocycles. The fraction of sp³-hybridized carbons (Fsp3) is 0.500. The number of benzene rings is 1. The van der Waals surface area contributed by atoms with Crippen LogP contribution in [0.5, 0.6) is 0 Å². The number of hydrogen-bond donors (Lipinski definition) is 2. The number of unbranched alkanes of at least 4 members (excludes halogenated alkanes) is 1. The molecule has 110 valence electrons. The first kappa shape index (κ1) is 15.9. The molecule has 0 atom stereocenters. The van der Waals surface area contributed by atoms with Crippen LogP contribution in [0.15, 0.2) is 18.2 Å². The summed E-state index contributed by atoms with van der Waals surface area (Å²) in [5.41, 5.74) is 0.142. The van der Waals surface area contributed by atoms with Gasteiger partial charge in [0, 0.05) is 24.4 Å². The molecule has 1 aromatic rings. The summed E-state index contributed by atoms with van der Waals surface area (Å²) in [7, 11) is 0. The molecule has 0 saturated heterocycles. The van der Waals surface area contributed by atoms with Crippen molar-refractivity contribution in [3.8, 4) is 0 Å². The highest BCUT2D eigenvalue weighted by Gasteiger charge is 2.15. The van der Waals surface area contributed by atoms with Gasteiger partial charge in [0.1, 0.15) is 0 Å². The average Bonchev–Trinajstić information content (AvgIpc) is 2.37. The molecule has 0 spiro atoms. The number of carboxylic acid groups (broad SMARTS) is 1. The number of rotatable bonds is 8. The monoisotopic (exact) mass is 280 g/mol. The number of nitro groups is 1. The summed E-state index contributed by atoms with van der Waals surface area (Å²) in [6.45, 7) is 4.98. The zero-order valence-electron chi connectivity index (χ0n) is 11.8. The number of anilines is 1. The summed E-state index contributed by atoms with van der Waals surface area (Å²) in [5, 5.41) is 22.8. The van der Waals surface area contributed by atoms with Gasteiger partial charge in [-0.05, 0) is 18.4 Å². The molecule has 6 heteroatoms. The van der Waals surface area contributed by atoms with Crippen molar-refractivity contribution in [2.24, 2.45) is 5.92 Å². The molecule has 0 aromatic heterocycles. The van der Waals surface area contributed by atoms with E-state index in [2.05, 4.69) is 19.2 Å². The Morgan fingerprint density at radius 1 is 1.40 bits per heavy atom. The molecule has 1 aromatic carbocycles. The lowest BCUT2D eigenvalue weighted by molar-refractivity contribution is -0.384. The predicted molar refractivity (Wildman–Crippen MR) is 77.2 cm³/mol. The van der Waals surface area contributed by atoms with Crippen molar-refractivity contribution in [3.05, 3.63) is 33.9 Å². The highest BCUT2D eigenvalue weighted by atomic mass is 16.6. The molecule has 0 aliphatic carbocycles. The molecule has 0 fully saturated rings. The van der Waals surface area contributed by atoms with E-state index in [1.807, 2.05) is 0 Å². The van der Waals surface area contributed by atoms with Crippen LogP contribution in [-0.2, 0) is 0 Å². The van der Waals surface area contributed by atoms with Gasteiger partial charge in [-0.25, -0.2) is 4.79 Å². The first-order valence-electron chi connectivity index (χ1n) is 6.67. The van der Waals surface area contributed by atoms with Gasteiger partial charge in [-0.3, -0.25) is 10.1 Å². The van der Waals surface area contributed by atoms with Crippen LogP contribution in [0.25, 0.3) is 0 Å². The largest absolute Gasteiger partial charge is 0.478 e. The van der Waals surface area contributed by atoms with Gasteiger partial charge >= 0.3 is 5.97 Å². The normalized spacial score (nSPS) is 10.6. The fourth-order valence-corrected chi connectivity index (χ4v) is 1.88. The van der Waals surface area contributed by atoms with Gasteiger partial charge in [0.15, 0.2) is 0 Å². The molecule has 0 saturated carbocycles. The molecule has 0 amide bonds. The van der Waals surface area contributed by atoms with E-state index in [1.54, 1.807) is 0 Å². The number of hydrogen-bond acceptors (Lipinski definition) is 4. The fourth-order valence-electron chi connectivity index (χ4n) is 1.88. The summed E-state index contributed by atoms with van der Waals surface area (Å²) in [6, 6.07) is 3.84. The van der Waals surface area contributed by atoms with Crippen molar-refractivity contribution in [1.82, 2.24) is 0 Å². The number of carboxylic acids is 1. The summed E-state index contributed by atoms with van der Waals surface area (Å²) in [6.07, 6.45) is 3.14. The summed E-state index contributed by atoms with van der Waals surface area (Å²) in [4.78, 5) is 21.2. The van der Waals surface area contributed by atoms with Crippen LogP contribution in [-0.4, -0.2) is 22.5 Å². The van der Waals surface area contributed by atoms with E-state index in [1.165, 1.54) is 12.1 Å². The first-order valence-corrected chi connectivity index (χ1v) is 6.67. The van der Waals surface area contributed by atoms with E-state index in [-0.39, 0.29) is 11.3 Å². The summed E-state index contributed by atoms with van der Waals surface area (Å²) < 4.78 is 0. The third-order valence-electron chi connectivity index (χ3n) is 2.97. The average molecular weight is 280 g/mol. The van der Waals surface area contributed by atoms with Crippen LogP contribution >= 0.6 is 0 Å². The second-order valence-electron chi connectivity index (χ2n) is 5.11. The van der Waals surface area contributed by atoms with Crippen LogP contribution in [0.4, 0.5) is 11.4 Å². The molecule has 0 aliphatic rings. The SMILES string of the molecule is CC(C)CCCCNc1ccc([N+](=O)[O-])cc1C(=O)O. The maximum Gasteiger partial charge on any atom is 0.338 e. The van der Waals surface area contributed by atoms with E-state index < -0.39 is 10.9 Å². The van der Waals surface area contributed by atoms with E-state index in [4.69, 9.17) is 5.11 Å². The van der Waals surface area contributed by atoms with Crippen molar-refractivity contribution >= 4 is 17.3 Å². The maximum absolute atomic E-state index is 11.1. The summed E-state index contributed by atoms with van der Waals surface area (Å²) in [5.74, 6) is -0.512.